The number of amides is 1. The van der Waals surface area contributed by atoms with E-state index in [1.165, 1.54) is 0 Å². The minimum Gasteiger partial charge on any atom is -0.492 e. The van der Waals surface area contributed by atoms with Crippen molar-refractivity contribution in [1.82, 2.24) is 9.80 Å². The molecule has 1 saturated heterocycles. The number of nitrogens with one attached hydrogen (secondary N) is 1. The molecule has 3 rings (SSSR count). The average molecular weight is 484 g/mol. The third-order valence-corrected chi connectivity index (χ3v) is 5.96. The summed E-state index contributed by atoms with van der Waals surface area (Å²) >= 11 is 0. The molecule has 1 aromatic rings. The Kier molecular flexibility index (Phi) is 13.3. The van der Waals surface area contributed by atoms with Crippen LogP contribution in [-0.2, 0) is 4.79 Å². The van der Waals surface area contributed by atoms with Crippen molar-refractivity contribution in [2.24, 2.45) is 11.7 Å². The molecule has 1 aliphatic carbocycles. The van der Waals surface area contributed by atoms with Crippen LogP contribution in [0.4, 0.5) is 5.69 Å². The fraction of sp³-hybridized carbons (Fsp3) is 0.667. The van der Waals surface area contributed by atoms with Crippen molar-refractivity contribution in [3.05, 3.63) is 24.3 Å². The van der Waals surface area contributed by atoms with Crippen LogP contribution in [0.5, 0.6) is 5.75 Å². The second-order valence-electron chi connectivity index (χ2n) is 8.31. The highest BCUT2D eigenvalue weighted by molar-refractivity contribution is 5.93. The summed E-state index contributed by atoms with van der Waals surface area (Å²) in [5, 5.41) is 3.02. The van der Waals surface area contributed by atoms with Crippen molar-refractivity contribution >= 4 is 48.8 Å². The fourth-order valence-electron chi connectivity index (χ4n) is 4.02. The van der Waals surface area contributed by atoms with E-state index in [9.17, 15) is 4.79 Å². The van der Waals surface area contributed by atoms with E-state index in [0.29, 0.717) is 6.61 Å². The first-order valence-electron chi connectivity index (χ1n) is 10.2. The second-order valence-corrected chi connectivity index (χ2v) is 8.31. The topological polar surface area (TPSA) is 70.8 Å². The van der Waals surface area contributed by atoms with Gasteiger partial charge in [-0.25, -0.2) is 0 Å². The maximum absolute atomic E-state index is 12.6. The Hall–Kier alpha value is -0.760. The number of ether oxygens (including phenoxy) is 1. The lowest BCUT2D eigenvalue weighted by atomic mass is 9.74. The fourth-order valence-corrected chi connectivity index (χ4v) is 4.02. The molecule has 2 fully saturated rings. The molecule has 0 aromatic heterocycles. The SMILES string of the molecule is CN1CCN(CCOc2ccc(NC(=O)C3CCCCC3(C)N)cc2)CC1.Cl.Cl.Cl. The van der Waals surface area contributed by atoms with Crippen molar-refractivity contribution in [3.8, 4) is 5.75 Å². The highest BCUT2D eigenvalue weighted by atomic mass is 35.5. The molecule has 2 aliphatic rings. The number of hydrogen-bond acceptors (Lipinski definition) is 5. The summed E-state index contributed by atoms with van der Waals surface area (Å²) in [5.74, 6) is 0.748. The summed E-state index contributed by atoms with van der Waals surface area (Å²) in [6, 6.07) is 7.64. The Bertz CT molecular complexity index is 623. The van der Waals surface area contributed by atoms with Gasteiger partial charge in [0, 0.05) is 44.0 Å². The van der Waals surface area contributed by atoms with Crippen LogP contribution in [0.15, 0.2) is 24.3 Å². The van der Waals surface area contributed by atoms with E-state index in [1.807, 2.05) is 31.2 Å². The third-order valence-electron chi connectivity index (χ3n) is 5.96. The Morgan fingerprint density at radius 3 is 2.37 bits per heavy atom. The van der Waals surface area contributed by atoms with Crippen molar-refractivity contribution in [2.45, 2.75) is 38.1 Å². The maximum atomic E-state index is 12.6. The van der Waals surface area contributed by atoms with Crippen molar-refractivity contribution in [3.63, 3.8) is 0 Å². The molecule has 6 nitrogen and oxygen atoms in total. The molecule has 9 heteroatoms. The van der Waals surface area contributed by atoms with Gasteiger partial charge in [0.1, 0.15) is 12.4 Å². The van der Waals surface area contributed by atoms with Crippen molar-refractivity contribution in [1.29, 1.82) is 0 Å². The number of nitrogens with two attached hydrogens (primary N) is 1. The van der Waals surface area contributed by atoms with Crippen molar-refractivity contribution < 1.29 is 9.53 Å². The van der Waals surface area contributed by atoms with Crippen LogP contribution < -0.4 is 15.8 Å². The van der Waals surface area contributed by atoms with Gasteiger partial charge in [-0.1, -0.05) is 12.8 Å². The van der Waals surface area contributed by atoms with Gasteiger partial charge in [0.15, 0.2) is 0 Å². The molecular formula is C21H37Cl3N4O2. The van der Waals surface area contributed by atoms with E-state index in [1.54, 1.807) is 0 Å². The Balaban J connectivity index is 0.00000280. The largest absolute Gasteiger partial charge is 0.492 e. The van der Waals surface area contributed by atoms with Crippen LogP contribution in [-0.4, -0.2) is 67.6 Å². The van der Waals surface area contributed by atoms with Crippen LogP contribution in [0.25, 0.3) is 0 Å². The van der Waals surface area contributed by atoms with Crippen LogP contribution in [0, 0.1) is 5.92 Å². The zero-order valence-corrected chi connectivity index (χ0v) is 20.4. The first-order chi connectivity index (χ1) is 12.9. The van der Waals surface area contributed by atoms with Crippen LogP contribution in [0.1, 0.15) is 32.6 Å². The predicted molar refractivity (Wildman–Crippen MR) is 131 cm³/mol. The van der Waals surface area contributed by atoms with Gasteiger partial charge in [-0.2, -0.15) is 0 Å². The Morgan fingerprint density at radius 2 is 1.77 bits per heavy atom. The number of hydrogen-bond donors (Lipinski definition) is 2. The number of anilines is 1. The molecule has 1 heterocycles. The monoisotopic (exact) mass is 482 g/mol. The molecular weight excluding hydrogens is 447 g/mol. The highest BCUT2D eigenvalue weighted by Crippen LogP contribution is 2.32. The van der Waals surface area contributed by atoms with Crippen LogP contribution in [0.3, 0.4) is 0 Å². The summed E-state index contributed by atoms with van der Waals surface area (Å²) in [4.78, 5) is 17.4. The predicted octanol–water partition coefficient (Wildman–Crippen LogP) is 3.42. The van der Waals surface area contributed by atoms with E-state index < -0.39 is 5.54 Å². The number of rotatable bonds is 6. The lowest BCUT2D eigenvalue weighted by Crippen LogP contribution is -2.51. The lowest BCUT2D eigenvalue weighted by molar-refractivity contribution is -0.122. The molecule has 1 aromatic carbocycles. The highest BCUT2D eigenvalue weighted by Gasteiger charge is 2.37. The summed E-state index contributed by atoms with van der Waals surface area (Å²) in [5.41, 5.74) is 6.73. The molecule has 3 N–H and O–H groups in total. The van der Waals surface area contributed by atoms with Crippen molar-refractivity contribution in [2.75, 3.05) is 51.7 Å². The first-order valence-corrected chi connectivity index (χ1v) is 10.2. The summed E-state index contributed by atoms with van der Waals surface area (Å²) in [7, 11) is 2.16. The molecule has 30 heavy (non-hydrogen) atoms. The normalized spacial score (nSPS) is 24.6. The van der Waals surface area contributed by atoms with Gasteiger partial charge in [-0.3, -0.25) is 9.69 Å². The molecule has 0 bridgehead atoms. The molecule has 0 spiro atoms. The van der Waals surface area contributed by atoms with Gasteiger partial charge in [0.05, 0.1) is 5.92 Å². The molecule has 2 atom stereocenters. The zero-order chi connectivity index (χ0) is 19.3. The number of halogens is 3. The second kappa shape index (κ2) is 13.6. The zero-order valence-electron chi connectivity index (χ0n) is 18.0. The molecule has 1 amide bonds. The molecule has 0 radical (unpaired) electrons. The Labute approximate surface area is 199 Å². The van der Waals surface area contributed by atoms with E-state index >= 15 is 0 Å². The minimum atomic E-state index is -0.408. The molecule has 1 saturated carbocycles. The van der Waals surface area contributed by atoms with E-state index in [0.717, 1.165) is 69.8 Å². The van der Waals surface area contributed by atoms with Crippen LogP contribution >= 0.6 is 37.2 Å². The first kappa shape index (κ1) is 29.2. The molecule has 1 aliphatic heterocycles. The van der Waals surface area contributed by atoms with E-state index in [2.05, 4.69) is 22.2 Å². The molecule has 2 unspecified atom stereocenters. The number of likely N-dealkylation sites (N-methyl/N-ethyl adjacent to an activating group) is 1. The number of carbonyl (C=O) groups excluding carboxylic acids is 1. The van der Waals surface area contributed by atoms with Gasteiger partial charge < -0.3 is 20.7 Å². The number of nitrogens with zero attached hydrogens (tertiary/aromatic N) is 2. The molecule has 174 valence electrons. The summed E-state index contributed by atoms with van der Waals surface area (Å²) in [6.45, 7) is 8.08. The maximum Gasteiger partial charge on any atom is 0.229 e. The van der Waals surface area contributed by atoms with Gasteiger partial charge in [0.25, 0.3) is 0 Å². The number of carbonyl (C=O) groups is 1. The van der Waals surface area contributed by atoms with Gasteiger partial charge in [-0.15, -0.1) is 37.2 Å². The van der Waals surface area contributed by atoms with Gasteiger partial charge >= 0.3 is 0 Å². The average Bonchev–Trinajstić information content (AvgIpc) is 2.64. The van der Waals surface area contributed by atoms with Crippen LogP contribution in [0.2, 0.25) is 0 Å². The van der Waals surface area contributed by atoms with E-state index in [-0.39, 0.29) is 49.0 Å². The van der Waals surface area contributed by atoms with Gasteiger partial charge in [0.2, 0.25) is 5.91 Å². The number of piperazine rings is 1. The van der Waals surface area contributed by atoms with E-state index in [4.69, 9.17) is 10.5 Å². The summed E-state index contributed by atoms with van der Waals surface area (Å²) in [6.07, 6.45) is 3.96. The quantitative estimate of drug-likeness (QED) is 0.649. The van der Waals surface area contributed by atoms with Gasteiger partial charge in [-0.05, 0) is 51.1 Å². The summed E-state index contributed by atoms with van der Waals surface area (Å²) < 4.78 is 5.86. The number of benzene rings is 1. The lowest BCUT2D eigenvalue weighted by Gasteiger charge is -2.37. The minimum absolute atomic E-state index is 0. The standard InChI is InChI=1S/C21H34N4O2.3ClH/c1-21(22)10-4-3-5-19(21)20(26)23-17-6-8-18(9-7-17)27-16-15-25-13-11-24(2)12-14-25;;;/h6-9,19H,3-5,10-16,22H2,1-2H3,(H,23,26);3*1H. The third kappa shape index (κ3) is 8.40. The smallest absolute Gasteiger partial charge is 0.229 e. The Morgan fingerprint density at radius 1 is 1.13 bits per heavy atom.